The van der Waals surface area contributed by atoms with Gasteiger partial charge in [-0.3, -0.25) is 4.79 Å². The molecule has 1 aromatic rings. The van der Waals surface area contributed by atoms with Crippen LogP contribution < -0.4 is 5.32 Å². The molecule has 1 aromatic carbocycles. The number of rotatable bonds is 2. The van der Waals surface area contributed by atoms with Gasteiger partial charge >= 0.3 is 0 Å². The van der Waals surface area contributed by atoms with Gasteiger partial charge in [0.1, 0.15) is 0 Å². The first kappa shape index (κ1) is 11.7. The monoisotopic (exact) mass is 179 g/mol. The molecule has 0 bridgehead atoms. The van der Waals surface area contributed by atoms with Gasteiger partial charge in [0.2, 0.25) is 5.91 Å². The van der Waals surface area contributed by atoms with Crippen LogP contribution in [0.3, 0.4) is 0 Å². The highest BCUT2D eigenvalue weighted by molar-refractivity contribution is 5.72. The van der Waals surface area contributed by atoms with Gasteiger partial charge in [0, 0.05) is 13.5 Å². The van der Waals surface area contributed by atoms with Crippen molar-refractivity contribution in [3.05, 3.63) is 36.4 Å². The summed E-state index contributed by atoms with van der Waals surface area (Å²) in [5.41, 5.74) is 0. The molecule has 13 heavy (non-hydrogen) atoms. The highest BCUT2D eigenvalue weighted by atomic mass is 16.1. The second-order valence-electron chi connectivity index (χ2n) is 2.64. The van der Waals surface area contributed by atoms with Crippen LogP contribution in [0.15, 0.2) is 36.4 Å². The van der Waals surface area contributed by atoms with E-state index in [-0.39, 0.29) is 5.91 Å². The Hall–Kier alpha value is -1.31. The minimum absolute atomic E-state index is 0.0573. The van der Waals surface area contributed by atoms with Crippen LogP contribution >= 0.6 is 0 Å². The van der Waals surface area contributed by atoms with Crippen molar-refractivity contribution in [2.45, 2.75) is 20.3 Å². The van der Waals surface area contributed by atoms with Crippen LogP contribution in [0.25, 0.3) is 0 Å². The summed E-state index contributed by atoms with van der Waals surface area (Å²) in [6, 6.07) is 12.0. The number of nitrogens with one attached hydrogen (secondary N) is 1. The van der Waals surface area contributed by atoms with E-state index in [1.807, 2.05) is 43.3 Å². The fourth-order valence-electron chi connectivity index (χ4n) is 0.686. The maximum atomic E-state index is 10.1. The van der Waals surface area contributed by atoms with Gasteiger partial charge in [0.15, 0.2) is 0 Å². The van der Waals surface area contributed by atoms with Crippen molar-refractivity contribution in [1.82, 2.24) is 5.32 Å². The van der Waals surface area contributed by atoms with E-state index in [1.54, 1.807) is 0 Å². The Kier molecular flexibility index (Phi) is 7.90. The third-order valence-electron chi connectivity index (χ3n) is 1.29. The lowest BCUT2D eigenvalue weighted by molar-refractivity contribution is -0.118. The Morgan fingerprint density at radius 3 is 1.62 bits per heavy atom. The minimum Gasteiger partial charge on any atom is -0.356 e. The molecule has 0 fully saturated rings. The summed E-state index contributed by atoms with van der Waals surface area (Å²) in [7, 11) is 0. The minimum atomic E-state index is 0.0573. The molecule has 2 heteroatoms. The molecule has 0 unspecified atom stereocenters. The van der Waals surface area contributed by atoms with Crippen molar-refractivity contribution >= 4 is 5.91 Å². The van der Waals surface area contributed by atoms with Gasteiger partial charge in [-0.15, -0.1) is 0 Å². The molecule has 1 N–H and O–H groups in total. The molecule has 0 aromatic heterocycles. The van der Waals surface area contributed by atoms with Gasteiger partial charge in [-0.1, -0.05) is 43.3 Å². The molecule has 0 aliphatic rings. The van der Waals surface area contributed by atoms with Crippen LogP contribution in [0, 0.1) is 0 Å². The van der Waals surface area contributed by atoms with E-state index in [9.17, 15) is 4.79 Å². The van der Waals surface area contributed by atoms with Crippen LogP contribution in [0.2, 0.25) is 0 Å². The predicted octanol–water partition coefficient (Wildman–Crippen LogP) is 2.22. The highest BCUT2D eigenvalue weighted by Crippen LogP contribution is 1.79. The van der Waals surface area contributed by atoms with Crippen molar-refractivity contribution in [1.29, 1.82) is 0 Å². The molecule has 2 nitrogen and oxygen atoms in total. The zero-order valence-electron chi connectivity index (χ0n) is 8.29. The SMILES string of the molecule is CCCNC(C)=O.c1ccccc1. The number of benzene rings is 1. The fourth-order valence-corrected chi connectivity index (χ4v) is 0.686. The van der Waals surface area contributed by atoms with E-state index in [1.165, 1.54) is 6.92 Å². The second-order valence-corrected chi connectivity index (χ2v) is 2.64. The summed E-state index contributed by atoms with van der Waals surface area (Å²) in [4.78, 5) is 10.1. The summed E-state index contributed by atoms with van der Waals surface area (Å²) in [5, 5.41) is 2.66. The molecule has 0 saturated heterocycles. The summed E-state index contributed by atoms with van der Waals surface area (Å²) in [6.07, 6.45) is 1.01. The number of carbonyl (C=O) groups excluding carboxylic acids is 1. The fraction of sp³-hybridized carbons (Fsp3) is 0.364. The van der Waals surface area contributed by atoms with Crippen LogP contribution in [0.4, 0.5) is 0 Å². The topological polar surface area (TPSA) is 29.1 Å². The largest absolute Gasteiger partial charge is 0.356 e. The molecular weight excluding hydrogens is 162 g/mol. The first-order chi connectivity index (χ1) is 6.27. The quantitative estimate of drug-likeness (QED) is 0.741. The van der Waals surface area contributed by atoms with E-state index < -0.39 is 0 Å². The van der Waals surface area contributed by atoms with Crippen LogP contribution in [0.1, 0.15) is 20.3 Å². The van der Waals surface area contributed by atoms with Gasteiger partial charge in [0.05, 0.1) is 0 Å². The number of amides is 1. The molecule has 0 aliphatic heterocycles. The molecule has 1 amide bonds. The van der Waals surface area contributed by atoms with Crippen molar-refractivity contribution < 1.29 is 4.79 Å². The summed E-state index contributed by atoms with van der Waals surface area (Å²) >= 11 is 0. The second kappa shape index (κ2) is 8.78. The third kappa shape index (κ3) is 10.7. The Morgan fingerprint density at radius 1 is 1.08 bits per heavy atom. The van der Waals surface area contributed by atoms with E-state index in [2.05, 4.69) is 5.32 Å². The van der Waals surface area contributed by atoms with Gasteiger partial charge in [-0.05, 0) is 6.42 Å². The van der Waals surface area contributed by atoms with Crippen molar-refractivity contribution in [3.63, 3.8) is 0 Å². The highest BCUT2D eigenvalue weighted by Gasteiger charge is 1.83. The van der Waals surface area contributed by atoms with Crippen molar-refractivity contribution in [2.24, 2.45) is 0 Å². The lowest BCUT2D eigenvalue weighted by Gasteiger charge is -1.93. The molecule has 0 spiro atoms. The Balaban J connectivity index is 0.000000223. The molecular formula is C11H17NO. The van der Waals surface area contributed by atoms with E-state index >= 15 is 0 Å². The lowest BCUT2D eigenvalue weighted by atomic mass is 10.4. The van der Waals surface area contributed by atoms with Gasteiger partial charge in [-0.25, -0.2) is 0 Å². The summed E-state index contributed by atoms with van der Waals surface area (Å²) in [6.45, 7) is 4.35. The zero-order chi connectivity index (χ0) is 9.94. The number of hydrogen-bond donors (Lipinski definition) is 1. The lowest BCUT2D eigenvalue weighted by Crippen LogP contribution is -2.19. The van der Waals surface area contributed by atoms with Gasteiger partial charge in [-0.2, -0.15) is 0 Å². The molecule has 0 atom stereocenters. The predicted molar refractivity (Wildman–Crippen MR) is 55.4 cm³/mol. The molecule has 0 aliphatic carbocycles. The molecule has 0 heterocycles. The van der Waals surface area contributed by atoms with E-state index in [0.717, 1.165) is 13.0 Å². The van der Waals surface area contributed by atoms with Gasteiger partial charge in [0.25, 0.3) is 0 Å². The van der Waals surface area contributed by atoms with E-state index in [4.69, 9.17) is 0 Å². The molecule has 72 valence electrons. The van der Waals surface area contributed by atoms with Crippen molar-refractivity contribution in [3.8, 4) is 0 Å². The molecule has 1 rings (SSSR count). The maximum Gasteiger partial charge on any atom is 0.216 e. The van der Waals surface area contributed by atoms with Gasteiger partial charge < -0.3 is 5.32 Å². The number of carbonyl (C=O) groups is 1. The van der Waals surface area contributed by atoms with Crippen molar-refractivity contribution in [2.75, 3.05) is 6.54 Å². The number of hydrogen-bond acceptors (Lipinski definition) is 1. The Bertz CT molecular complexity index is 182. The normalized spacial score (nSPS) is 8.15. The third-order valence-corrected chi connectivity index (χ3v) is 1.29. The summed E-state index contributed by atoms with van der Waals surface area (Å²) in [5.74, 6) is 0.0573. The summed E-state index contributed by atoms with van der Waals surface area (Å²) < 4.78 is 0. The first-order valence-electron chi connectivity index (χ1n) is 4.51. The molecule has 0 radical (unpaired) electrons. The smallest absolute Gasteiger partial charge is 0.216 e. The zero-order valence-corrected chi connectivity index (χ0v) is 8.29. The van der Waals surface area contributed by atoms with E-state index in [0.29, 0.717) is 0 Å². The van der Waals surface area contributed by atoms with Crippen LogP contribution in [-0.4, -0.2) is 12.5 Å². The maximum absolute atomic E-state index is 10.1. The standard InChI is InChI=1S/C6H6.C5H11NO/c1-2-4-6-5-3-1;1-3-4-6-5(2)7/h1-6H;3-4H2,1-2H3,(H,6,7). The average molecular weight is 179 g/mol. The average Bonchev–Trinajstić information content (AvgIpc) is 2.18. The van der Waals surface area contributed by atoms with Crippen LogP contribution in [-0.2, 0) is 4.79 Å². The van der Waals surface area contributed by atoms with Crippen LogP contribution in [0.5, 0.6) is 0 Å². The first-order valence-corrected chi connectivity index (χ1v) is 4.51. The molecule has 0 saturated carbocycles. The Morgan fingerprint density at radius 2 is 1.46 bits per heavy atom. The Labute approximate surface area is 80.0 Å².